The maximum Gasteiger partial charge on any atom is 0.236 e. The summed E-state index contributed by atoms with van der Waals surface area (Å²) in [5.41, 5.74) is 0.0994. The van der Waals surface area contributed by atoms with E-state index in [1.165, 1.54) is 11.0 Å². The molecule has 1 heterocycles. The second kappa shape index (κ2) is 8.35. The van der Waals surface area contributed by atoms with Crippen molar-refractivity contribution in [3.8, 4) is 0 Å². The first-order chi connectivity index (χ1) is 11.8. The fourth-order valence-corrected chi connectivity index (χ4v) is 2.74. The van der Waals surface area contributed by atoms with Crippen molar-refractivity contribution >= 4 is 11.8 Å². The number of carbonyl (C=O) groups is 2. The molecule has 25 heavy (non-hydrogen) atoms. The molecular formula is C17H23F2N3O3. The molecule has 2 atom stereocenters. The maximum absolute atomic E-state index is 13.6. The molecular weight excluding hydrogens is 332 g/mol. The molecule has 1 aliphatic rings. The van der Waals surface area contributed by atoms with Gasteiger partial charge in [0.2, 0.25) is 11.8 Å². The minimum Gasteiger partial charge on any atom is -0.390 e. The number of carbonyl (C=O) groups excluding carboxylic acids is 2. The summed E-state index contributed by atoms with van der Waals surface area (Å²) in [5.74, 6) is -1.96. The number of aliphatic hydroxyl groups is 1. The molecule has 6 nitrogen and oxygen atoms in total. The van der Waals surface area contributed by atoms with Crippen molar-refractivity contribution in [2.24, 2.45) is 0 Å². The number of rotatable bonds is 5. The van der Waals surface area contributed by atoms with Crippen molar-refractivity contribution < 1.29 is 23.5 Å². The first-order valence-electron chi connectivity index (χ1n) is 8.10. The predicted molar refractivity (Wildman–Crippen MR) is 87.8 cm³/mol. The van der Waals surface area contributed by atoms with E-state index < -0.39 is 29.7 Å². The minimum absolute atomic E-state index is 0.0542. The molecule has 0 unspecified atom stereocenters. The first kappa shape index (κ1) is 19.3. The van der Waals surface area contributed by atoms with E-state index in [-0.39, 0.29) is 31.0 Å². The lowest BCUT2D eigenvalue weighted by Crippen LogP contribution is -2.55. The normalized spacial score (nSPS) is 21.0. The van der Waals surface area contributed by atoms with E-state index in [9.17, 15) is 23.5 Å². The van der Waals surface area contributed by atoms with E-state index in [4.69, 9.17) is 0 Å². The van der Waals surface area contributed by atoms with Crippen molar-refractivity contribution in [3.05, 3.63) is 35.4 Å². The third-order valence-corrected chi connectivity index (χ3v) is 4.24. The number of nitrogens with one attached hydrogen (secondary N) is 1. The van der Waals surface area contributed by atoms with Gasteiger partial charge in [-0.25, -0.2) is 8.78 Å². The SMILES string of the molecule is CN(C)C(=O)CN1CC[C@@H](NC(=O)Cc2ccc(F)cc2F)[C@H](O)C1. The standard InChI is InChI=1S/C17H23F2N3O3/c1-21(2)17(25)10-22-6-5-14(15(23)9-22)20-16(24)7-11-3-4-12(18)8-13(11)19/h3-4,8,14-15,23H,5-7,9-10H2,1-2H3,(H,20,24)/t14-,15-/m1/s1. The lowest BCUT2D eigenvalue weighted by Gasteiger charge is -2.36. The molecule has 1 aromatic rings. The number of likely N-dealkylation sites (tertiary alicyclic amines) is 1. The van der Waals surface area contributed by atoms with Gasteiger partial charge in [-0.15, -0.1) is 0 Å². The molecule has 1 aliphatic heterocycles. The van der Waals surface area contributed by atoms with Gasteiger partial charge in [-0.1, -0.05) is 6.07 Å². The zero-order chi connectivity index (χ0) is 18.6. The molecule has 2 rings (SSSR count). The monoisotopic (exact) mass is 355 g/mol. The summed E-state index contributed by atoms with van der Waals surface area (Å²) in [6.45, 7) is 1.05. The molecule has 0 aromatic heterocycles. The molecule has 2 N–H and O–H groups in total. The molecule has 0 aliphatic carbocycles. The van der Waals surface area contributed by atoms with E-state index in [1.807, 2.05) is 4.90 Å². The Kier molecular flexibility index (Phi) is 6.44. The number of likely N-dealkylation sites (N-methyl/N-ethyl adjacent to an activating group) is 1. The largest absolute Gasteiger partial charge is 0.390 e. The van der Waals surface area contributed by atoms with E-state index >= 15 is 0 Å². The van der Waals surface area contributed by atoms with Crippen LogP contribution in [0.2, 0.25) is 0 Å². The highest BCUT2D eigenvalue weighted by Gasteiger charge is 2.30. The highest BCUT2D eigenvalue weighted by atomic mass is 19.1. The van der Waals surface area contributed by atoms with Gasteiger partial charge in [0.05, 0.1) is 25.1 Å². The average Bonchev–Trinajstić information content (AvgIpc) is 2.52. The Balaban J connectivity index is 1.85. The van der Waals surface area contributed by atoms with E-state index in [2.05, 4.69) is 5.32 Å². The van der Waals surface area contributed by atoms with Crippen LogP contribution in [0.5, 0.6) is 0 Å². The van der Waals surface area contributed by atoms with Crippen molar-refractivity contribution in [3.63, 3.8) is 0 Å². The number of nitrogens with zero attached hydrogens (tertiary/aromatic N) is 2. The van der Waals surface area contributed by atoms with Gasteiger partial charge in [0.15, 0.2) is 0 Å². The van der Waals surface area contributed by atoms with Gasteiger partial charge >= 0.3 is 0 Å². The summed E-state index contributed by atoms with van der Waals surface area (Å²) in [4.78, 5) is 27.1. The van der Waals surface area contributed by atoms with Crippen LogP contribution in [-0.2, 0) is 16.0 Å². The third-order valence-electron chi connectivity index (χ3n) is 4.24. The molecule has 8 heteroatoms. The van der Waals surface area contributed by atoms with Gasteiger partial charge in [-0.3, -0.25) is 14.5 Å². The van der Waals surface area contributed by atoms with Crippen LogP contribution in [0.3, 0.4) is 0 Å². The topological polar surface area (TPSA) is 72.9 Å². The zero-order valence-electron chi connectivity index (χ0n) is 14.3. The molecule has 0 saturated carbocycles. The number of hydrogen-bond donors (Lipinski definition) is 2. The fourth-order valence-electron chi connectivity index (χ4n) is 2.74. The van der Waals surface area contributed by atoms with Crippen LogP contribution in [0.1, 0.15) is 12.0 Å². The van der Waals surface area contributed by atoms with E-state index in [1.54, 1.807) is 14.1 Å². The highest BCUT2D eigenvalue weighted by molar-refractivity contribution is 5.79. The molecule has 0 spiro atoms. The summed E-state index contributed by atoms with van der Waals surface area (Å²) in [5, 5.41) is 12.9. The van der Waals surface area contributed by atoms with Gasteiger partial charge in [0.25, 0.3) is 0 Å². The van der Waals surface area contributed by atoms with Crippen molar-refractivity contribution in [1.29, 1.82) is 0 Å². The third kappa shape index (κ3) is 5.47. The second-order valence-corrected chi connectivity index (χ2v) is 6.47. The fraction of sp³-hybridized carbons (Fsp3) is 0.529. The quantitative estimate of drug-likeness (QED) is 0.789. The van der Waals surface area contributed by atoms with Crippen LogP contribution < -0.4 is 5.32 Å². The molecule has 1 aromatic carbocycles. The van der Waals surface area contributed by atoms with Gasteiger partial charge in [-0.05, 0) is 18.1 Å². The summed E-state index contributed by atoms with van der Waals surface area (Å²) >= 11 is 0. The average molecular weight is 355 g/mol. The van der Waals surface area contributed by atoms with Gasteiger partial charge in [0, 0.05) is 33.3 Å². The molecule has 0 bridgehead atoms. The maximum atomic E-state index is 13.6. The Hall–Kier alpha value is -2.06. The number of amides is 2. The summed E-state index contributed by atoms with van der Waals surface area (Å²) < 4.78 is 26.5. The van der Waals surface area contributed by atoms with Crippen LogP contribution in [0, 0.1) is 11.6 Å². The van der Waals surface area contributed by atoms with Crippen LogP contribution in [0.25, 0.3) is 0 Å². The number of hydrogen-bond acceptors (Lipinski definition) is 4. The van der Waals surface area contributed by atoms with Crippen LogP contribution in [0.4, 0.5) is 8.78 Å². The smallest absolute Gasteiger partial charge is 0.236 e. The van der Waals surface area contributed by atoms with Crippen molar-refractivity contribution in [1.82, 2.24) is 15.1 Å². The predicted octanol–water partition coefficient (Wildman–Crippen LogP) is 0.147. The van der Waals surface area contributed by atoms with E-state index in [0.29, 0.717) is 13.0 Å². The van der Waals surface area contributed by atoms with E-state index in [0.717, 1.165) is 12.1 Å². The summed E-state index contributed by atoms with van der Waals surface area (Å²) in [6.07, 6.45) is -0.553. The van der Waals surface area contributed by atoms with Crippen LogP contribution in [0.15, 0.2) is 18.2 Å². The van der Waals surface area contributed by atoms with Crippen molar-refractivity contribution in [2.45, 2.75) is 25.0 Å². The lowest BCUT2D eigenvalue weighted by atomic mass is 10.0. The highest BCUT2D eigenvalue weighted by Crippen LogP contribution is 2.13. The van der Waals surface area contributed by atoms with Crippen molar-refractivity contribution in [2.75, 3.05) is 33.7 Å². The minimum atomic E-state index is -0.814. The Bertz CT molecular complexity index is 640. The number of aliphatic hydroxyl groups excluding tert-OH is 1. The van der Waals surface area contributed by atoms with Crippen LogP contribution >= 0.6 is 0 Å². The first-order valence-corrected chi connectivity index (χ1v) is 8.10. The Morgan fingerprint density at radius 3 is 2.68 bits per heavy atom. The van der Waals surface area contributed by atoms with Gasteiger partial charge < -0.3 is 15.3 Å². The summed E-state index contributed by atoms with van der Waals surface area (Å²) in [6, 6.07) is 2.61. The van der Waals surface area contributed by atoms with Crippen LogP contribution in [-0.4, -0.2) is 72.6 Å². The van der Waals surface area contributed by atoms with Gasteiger partial charge in [-0.2, -0.15) is 0 Å². The molecule has 138 valence electrons. The number of benzene rings is 1. The number of β-amino-alcohol motifs (C(OH)–C–C–N with tert-alkyl or cyclic N) is 1. The molecule has 0 radical (unpaired) electrons. The zero-order valence-corrected chi connectivity index (χ0v) is 14.3. The van der Waals surface area contributed by atoms with Gasteiger partial charge in [0.1, 0.15) is 11.6 Å². The molecule has 1 fully saturated rings. The Morgan fingerprint density at radius 2 is 2.08 bits per heavy atom. The number of piperidine rings is 1. The Labute approximate surface area is 145 Å². The number of halogens is 2. The molecule has 2 amide bonds. The summed E-state index contributed by atoms with van der Waals surface area (Å²) in [7, 11) is 3.33. The molecule has 1 saturated heterocycles. The lowest BCUT2D eigenvalue weighted by molar-refractivity contribution is -0.131. The Morgan fingerprint density at radius 1 is 1.36 bits per heavy atom. The second-order valence-electron chi connectivity index (χ2n) is 6.47.